The van der Waals surface area contributed by atoms with Gasteiger partial charge in [-0.25, -0.2) is 0 Å². The van der Waals surface area contributed by atoms with E-state index in [-0.39, 0.29) is 5.92 Å². The Morgan fingerprint density at radius 2 is 1.89 bits per heavy atom. The molecule has 18 heavy (non-hydrogen) atoms. The Labute approximate surface area is 111 Å². The number of nitrogens with zero attached hydrogens (tertiary/aromatic N) is 1. The lowest BCUT2D eigenvalue weighted by atomic mass is 9.75. The van der Waals surface area contributed by atoms with Crippen molar-refractivity contribution in [1.82, 2.24) is 4.90 Å². The molecule has 2 N–H and O–H groups in total. The Morgan fingerprint density at radius 3 is 2.50 bits per heavy atom. The van der Waals surface area contributed by atoms with Crippen molar-refractivity contribution in [2.24, 2.45) is 29.4 Å². The summed E-state index contributed by atoms with van der Waals surface area (Å²) in [5.74, 6) is 2.33. The second-order valence-electron chi connectivity index (χ2n) is 6.46. The first-order valence-corrected chi connectivity index (χ1v) is 7.62. The smallest absolute Gasteiger partial charge is 0.227 e. The lowest BCUT2D eigenvalue weighted by Crippen LogP contribution is -2.49. The van der Waals surface area contributed by atoms with Crippen molar-refractivity contribution >= 4 is 5.91 Å². The van der Waals surface area contributed by atoms with Crippen LogP contribution in [0.1, 0.15) is 46.0 Å². The summed E-state index contributed by atoms with van der Waals surface area (Å²) in [6.07, 6.45) is 6.67. The molecule has 2 fully saturated rings. The Hall–Kier alpha value is -0.570. The molecule has 1 amide bonds. The third kappa shape index (κ3) is 2.87. The third-order valence-corrected chi connectivity index (χ3v) is 4.98. The van der Waals surface area contributed by atoms with E-state index in [0.717, 1.165) is 24.9 Å². The van der Waals surface area contributed by atoms with Crippen LogP contribution < -0.4 is 5.73 Å². The maximum atomic E-state index is 12.5. The van der Waals surface area contributed by atoms with E-state index in [4.69, 9.17) is 5.73 Å². The van der Waals surface area contributed by atoms with Crippen LogP contribution >= 0.6 is 0 Å². The molecule has 0 spiro atoms. The predicted octanol–water partition coefficient (Wildman–Crippen LogP) is 2.26. The third-order valence-electron chi connectivity index (χ3n) is 4.98. The molecule has 3 nitrogen and oxygen atoms in total. The molecule has 3 heteroatoms. The van der Waals surface area contributed by atoms with Crippen molar-refractivity contribution in [3.8, 4) is 0 Å². The molecule has 0 radical (unpaired) electrons. The molecule has 1 saturated carbocycles. The standard InChI is InChI=1S/C15H28N2O/c1-11(2)14(9-16)15(18)17-8-7-12-5-3-4-6-13(12)10-17/h11-14H,3-10,16H2,1-2H3. The van der Waals surface area contributed by atoms with Crippen LogP contribution in [0.3, 0.4) is 0 Å². The molecule has 0 bridgehead atoms. The number of fused-ring (bicyclic) bond motifs is 1. The minimum absolute atomic E-state index is 0.0186. The molecule has 3 unspecified atom stereocenters. The summed E-state index contributed by atoms with van der Waals surface area (Å²) in [7, 11) is 0. The first-order valence-electron chi connectivity index (χ1n) is 7.62. The molecule has 0 aromatic rings. The monoisotopic (exact) mass is 252 g/mol. The fraction of sp³-hybridized carbons (Fsp3) is 0.933. The van der Waals surface area contributed by atoms with E-state index >= 15 is 0 Å². The van der Waals surface area contributed by atoms with Crippen LogP contribution in [0.5, 0.6) is 0 Å². The zero-order chi connectivity index (χ0) is 13.1. The number of hydrogen-bond donors (Lipinski definition) is 1. The highest BCUT2D eigenvalue weighted by Gasteiger charge is 2.35. The Kier molecular flexibility index (Phi) is 4.66. The van der Waals surface area contributed by atoms with Gasteiger partial charge in [0.2, 0.25) is 5.91 Å². The number of nitrogens with two attached hydrogens (primary N) is 1. The van der Waals surface area contributed by atoms with Crippen molar-refractivity contribution < 1.29 is 4.79 Å². The summed E-state index contributed by atoms with van der Waals surface area (Å²) >= 11 is 0. The van der Waals surface area contributed by atoms with Crippen LogP contribution in [0.2, 0.25) is 0 Å². The first kappa shape index (κ1) is 13.9. The number of carbonyl (C=O) groups is 1. The van der Waals surface area contributed by atoms with Crippen molar-refractivity contribution in [1.29, 1.82) is 0 Å². The Morgan fingerprint density at radius 1 is 1.22 bits per heavy atom. The molecule has 1 saturated heterocycles. The van der Waals surface area contributed by atoms with E-state index in [0.29, 0.717) is 18.4 Å². The SMILES string of the molecule is CC(C)C(CN)C(=O)N1CCC2CCCCC2C1. The molecule has 104 valence electrons. The quantitative estimate of drug-likeness (QED) is 0.837. The van der Waals surface area contributed by atoms with Gasteiger partial charge in [0.15, 0.2) is 0 Å². The van der Waals surface area contributed by atoms with Gasteiger partial charge in [-0.3, -0.25) is 4.79 Å². The van der Waals surface area contributed by atoms with E-state index in [1.165, 1.54) is 32.1 Å². The van der Waals surface area contributed by atoms with Gasteiger partial charge in [-0.05, 0) is 30.6 Å². The fourth-order valence-electron chi connectivity index (χ4n) is 3.69. The number of rotatable bonds is 3. The fourth-order valence-corrected chi connectivity index (χ4v) is 3.69. The molecular weight excluding hydrogens is 224 g/mol. The molecule has 0 aromatic carbocycles. The summed E-state index contributed by atoms with van der Waals surface area (Å²) in [6.45, 7) is 6.64. The highest BCUT2D eigenvalue weighted by atomic mass is 16.2. The lowest BCUT2D eigenvalue weighted by Gasteiger charge is -2.42. The van der Waals surface area contributed by atoms with Gasteiger partial charge in [0, 0.05) is 19.6 Å². The number of likely N-dealkylation sites (tertiary alicyclic amines) is 1. The minimum atomic E-state index is 0.0186. The van der Waals surface area contributed by atoms with Crippen molar-refractivity contribution in [3.63, 3.8) is 0 Å². The Bertz CT molecular complexity index is 290. The second kappa shape index (κ2) is 6.05. The van der Waals surface area contributed by atoms with Gasteiger partial charge in [0.05, 0.1) is 5.92 Å². The van der Waals surface area contributed by atoms with Gasteiger partial charge in [-0.1, -0.05) is 33.1 Å². The topological polar surface area (TPSA) is 46.3 Å². The van der Waals surface area contributed by atoms with Gasteiger partial charge in [0.25, 0.3) is 0 Å². The van der Waals surface area contributed by atoms with Crippen molar-refractivity contribution in [2.75, 3.05) is 19.6 Å². The zero-order valence-electron chi connectivity index (χ0n) is 11.9. The zero-order valence-corrected chi connectivity index (χ0v) is 11.9. The Balaban J connectivity index is 1.95. The van der Waals surface area contributed by atoms with Gasteiger partial charge in [0.1, 0.15) is 0 Å². The van der Waals surface area contributed by atoms with Crippen molar-refractivity contribution in [3.05, 3.63) is 0 Å². The minimum Gasteiger partial charge on any atom is -0.342 e. The second-order valence-corrected chi connectivity index (χ2v) is 6.46. The highest BCUT2D eigenvalue weighted by molar-refractivity contribution is 5.79. The largest absolute Gasteiger partial charge is 0.342 e. The average molecular weight is 252 g/mol. The van der Waals surface area contributed by atoms with Gasteiger partial charge < -0.3 is 10.6 Å². The van der Waals surface area contributed by atoms with E-state index in [9.17, 15) is 4.79 Å². The summed E-state index contributed by atoms with van der Waals surface area (Å²) in [5.41, 5.74) is 5.77. The summed E-state index contributed by atoms with van der Waals surface area (Å²) in [5, 5.41) is 0. The summed E-state index contributed by atoms with van der Waals surface area (Å²) in [4.78, 5) is 14.6. The van der Waals surface area contributed by atoms with E-state index in [2.05, 4.69) is 18.7 Å². The molecule has 2 rings (SSSR count). The normalized spacial score (nSPS) is 30.1. The number of carbonyl (C=O) groups excluding carboxylic acids is 1. The average Bonchev–Trinajstić information content (AvgIpc) is 2.38. The number of amides is 1. The van der Waals surface area contributed by atoms with Gasteiger partial charge in [-0.2, -0.15) is 0 Å². The van der Waals surface area contributed by atoms with E-state index in [1.807, 2.05) is 0 Å². The number of piperidine rings is 1. The maximum absolute atomic E-state index is 12.5. The van der Waals surface area contributed by atoms with Gasteiger partial charge >= 0.3 is 0 Å². The molecule has 1 heterocycles. The molecule has 0 aromatic heterocycles. The molecule has 1 aliphatic heterocycles. The first-order chi connectivity index (χ1) is 8.63. The van der Waals surface area contributed by atoms with Crippen molar-refractivity contribution in [2.45, 2.75) is 46.0 Å². The van der Waals surface area contributed by atoms with E-state index < -0.39 is 0 Å². The van der Waals surface area contributed by atoms with Crippen LogP contribution in [0.25, 0.3) is 0 Å². The maximum Gasteiger partial charge on any atom is 0.227 e. The molecule has 3 atom stereocenters. The molecule has 2 aliphatic rings. The van der Waals surface area contributed by atoms with Gasteiger partial charge in [-0.15, -0.1) is 0 Å². The predicted molar refractivity (Wildman–Crippen MR) is 74.0 cm³/mol. The summed E-state index contributed by atoms with van der Waals surface area (Å²) in [6, 6.07) is 0. The van der Waals surface area contributed by atoms with Crippen LogP contribution in [0.4, 0.5) is 0 Å². The number of hydrogen-bond acceptors (Lipinski definition) is 2. The highest BCUT2D eigenvalue weighted by Crippen LogP contribution is 2.36. The summed E-state index contributed by atoms with van der Waals surface area (Å²) < 4.78 is 0. The molecule has 1 aliphatic carbocycles. The van der Waals surface area contributed by atoms with Crippen LogP contribution in [0.15, 0.2) is 0 Å². The van der Waals surface area contributed by atoms with Crippen LogP contribution in [-0.4, -0.2) is 30.4 Å². The van der Waals surface area contributed by atoms with Crippen LogP contribution in [-0.2, 0) is 4.79 Å². The lowest BCUT2D eigenvalue weighted by molar-refractivity contribution is -0.139. The molecular formula is C15H28N2O. The van der Waals surface area contributed by atoms with Crippen LogP contribution in [0, 0.1) is 23.7 Å². The van der Waals surface area contributed by atoms with E-state index in [1.54, 1.807) is 0 Å².